The molecule has 2 unspecified atom stereocenters. The molecule has 2 N–H and O–H groups in total. The Morgan fingerprint density at radius 1 is 0.822 bits per heavy atom. The van der Waals surface area contributed by atoms with Gasteiger partial charge in [-0.2, -0.15) is 0 Å². The van der Waals surface area contributed by atoms with Crippen LogP contribution in [0.3, 0.4) is 0 Å². The average molecular weight is 615 g/mol. The number of anilines is 3. The molecule has 4 aliphatic heterocycles. The predicted molar refractivity (Wildman–Crippen MR) is 184 cm³/mol. The summed E-state index contributed by atoms with van der Waals surface area (Å²) >= 11 is 0. The number of hydrogen-bond acceptors (Lipinski definition) is 6. The lowest BCUT2D eigenvalue weighted by atomic mass is 9.76. The first-order chi connectivity index (χ1) is 20.0. The maximum Gasteiger partial charge on any atom is 0.255 e. The predicted octanol–water partition coefficient (Wildman–Crippen LogP) is 5.94. The molecule has 0 radical (unpaired) electrons. The van der Waals surface area contributed by atoms with Crippen molar-refractivity contribution in [3.63, 3.8) is 0 Å². The van der Waals surface area contributed by atoms with Crippen molar-refractivity contribution in [2.24, 2.45) is 4.99 Å². The zero-order chi connectivity index (χ0) is 31.5. The number of carbonyl (C=O) groups is 3. The summed E-state index contributed by atoms with van der Waals surface area (Å²) in [6.07, 6.45) is -0.438. The van der Waals surface area contributed by atoms with Crippen LogP contribution < -0.4 is 25.7 Å². The van der Waals surface area contributed by atoms with Gasteiger partial charge < -0.3 is 20.2 Å². The number of nitrogens with one attached hydrogen (secondary N) is 1. The number of rotatable bonds is 2. The Balaban J connectivity index is 0.00000230. The van der Waals surface area contributed by atoms with Crippen LogP contribution in [0.25, 0.3) is 11.1 Å². The number of ketones is 1. The van der Waals surface area contributed by atoms with Crippen LogP contribution in [0.2, 0.25) is 0 Å². The number of aliphatic hydroxyl groups excluding tert-OH is 1. The molecule has 2 amide bonds. The van der Waals surface area contributed by atoms with Crippen molar-refractivity contribution in [2.75, 3.05) is 15.1 Å². The molecular formula is C37H50N4O4. The van der Waals surface area contributed by atoms with E-state index in [4.69, 9.17) is 0 Å². The number of benzene rings is 2. The van der Waals surface area contributed by atoms with Crippen LogP contribution >= 0.6 is 0 Å². The van der Waals surface area contributed by atoms with Crippen LogP contribution in [-0.4, -0.2) is 46.9 Å². The van der Waals surface area contributed by atoms with Crippen LogP contribution in [-0.2, 0) is 25.2 Å². The summed E-state index contributed by atoms with van der Waals surface area (Å²) in [6.45, 7) is 21.5. The van der Waals surface area contributed by atoms with Gasteiger partial charge in [-0.05, 0) is 76.9 Å². The Hall–Kier alpha value is -3.94. The lowest BCUT2D eigenvalue weighted by Gasteiger charge is -2.34. The fourth-order valence-corrected chi connectivity index (χ4v) is 7.65. The molecule has 0 spiro atoms. The highest BCUT2D eigenvalue weighted by Crippen LogP contribution is 2.51. The number of fused-ring (bicyclic) bond motifs is 6. The maximum atomic E-state index is 14.1. The molecule has 0 fully saturated rings. The smallest absolute Gasteiger partial charge is 0.255 e. The number of aliphatic hydroxyl groups is 1. The van der Waals surface area contributed by atoms with Gasteiger partial charge in [0.15, 0.2) is 0 Å². The molecule has 1 aliphatic carbocycles. The molecule has 45 heavy (non-hydrogen) atoms. The zero-order valence-electron chi connectivity index (χ0n) is 26.8. The minimum Gasteiger partial charge on any atom is -0.506 e. The van der Waals surface area contributed by atoms with Gasteiger partial charge in [0.05, 0.1) is 22.2 Å². The first-order valence-electron chi connectivity index (χ1n) is 15.3. The Morgan fingerprint density at radius 2 is 1.33 bits per heavy atom. The van der Waals surface area contributed by atoms with Crippen molar-refractivity contribution in [2.45, 2.75) is 126 Å². The second-order valence-electron chi connectivity index (χ2n) is 14.3. The van der Waals surface area contributed by atoms with E-state index in [1.54, 1.807) is 0 Å². The van der Waals surface area contributed by atoms with Crippen molar-refractivity contribution in [3.05, 3.63) is 57.3 Å². The van der Waals surface area contributed by atoms with Crippen LogP contribution in [0, 0.1) is 0 Å². The Bertz CT molecular complexity index is 1800. The zero-order valence-corrected chi connectivity index (χ0v) is 26.8. The van der Waals surface area contributed by atoms with Crippen molar-refractivity contribution >= 4 is 45.8 Å². The first-order valence-corrected chi connectivity index (χ1v) is 15.3. The summed E-state index contributed by atoms with van der Waals surface area (Å²) in [5.74, 6) is -1.60. The average Bonchev–Trinajstić information content (AvgIpc) is 3.20. The van der Waals surface area contributed by atoms with Crippen LogP contribution in [0.4, 0.5) is 17.1 Å². The summed E-state index contributed by atoms with van der Waals surface area (Å²) in [5.41, 5.74) is 4.70. The molecule has 5 aliphatic rings. The topological polar surface area (TPSA) is 102 Å². The maximum absolute atomic E-state index is 14.1. The number of hydrogen-bond donors (Lipinski definition) is 2. The van der Waals surface area contributed by atoms with Gasteiger partial charge >= 0.3 is 0 Å². The summed E-state index contributed by atoms with van der Waals surface area (Å²) in [6, 6.07) is 8.29. The Morgan fingerprint density at radius 3 is 1.84 bits per heavy atom. The third kappa shape index (κ3) is 4.62. The lowest BCUT2D eigenvalue weighted by Crippen LogP contribution is -2.42. The van der Waals surface area contributed by atoms with Gasteiger partial charge in [-0.3, -0.25) is 14.4 Å². The third-order valence-electron chi connectivity index (χ3n) is 10.5. The molecule has 2 aromatic rings. The van der Waals surface area contributed by atoms with E-state index in [1.165, 1.54) is 0 Å². The van der Waals surface area contributed by atoms with E-state index < -0.39 is 18.2 Å². The number of carbonyl (C=O) groups excluding carboxylic acids is 3. The molecular weight excluding hydrogens is 564 g/mol. The lowest BCUT2D eigenvalue weighted by molar-refractivity contribution is -0.124. The monoisotopic (exact) mass is 614 g/mol. The van der Waals surface area contributed by atoms with E-state index in [0.29, 0.717) is 21.8 Å². The molecule has 8 nitrogen and oxygen atoms in total. The van der Waals surface area contributed by atoms with Crippen LogP contribution in [0.1, 0.15) is 107 Å². The fraction of sp³-hybridized carbons (Fsp3) is 0.514. The SMILES string of the molecule is C.C.CC(C)N1c2cc3c(cc2C(C)(C)C1C)C1=C(O)/C(=c2\cc4c(cc2=NC(=O)CC(=O)N3)N(C(C)C)C(C)C4(C)C)C1=O. The summed E-state index contributed by atoms with van der Waals surface area (Å²) in [7, 11) is 0. The molecule has 4 heterocycles. The molecule has 0 aromatic heterocycles. The van der Waals surface area contributed by atoms with Gasteiger partial charge in [0.1, 0.15) is 12.2 Å². The van der Waals surface area contributed by atoms with Gasteiger partial charge in [-0.15, -0.1) is 0 Å². The van der Waals surface area contributed by atoms with Gasteiger partial charge in [0, 0.05) is 57.2 Å². The summed E-state index contributed by atoms with van der Waals surface area (Å²) < 4.78 is 0. The van der Waals surface area contributed by atoms with Crippen molar-refractivity contribution in [1.82, 2.24) is 0 Å². The molecule has 0 saturated carbocycles. The number of nitrogens with zero attached hydrogens (tertiary/aromatic N) is 3. The van der Waals surface area contributed by atoms with E-state index in [0.717, 1.165) is 22.5 Å². The standard InChI is InChI=1S/C35H42N4O4.2CH4/c1-16(2)38-18(5)34(7,8)22-11-20-24(13-26(22)38)36-28(40)15-29(41)37-25-14-27-23(35(9,10)19(6)39(27)17(3)4)12-21(25)31-32(42)30(20)33(31)43;;/h11-14,16-19,42H,15H2,1-10H3,(H,36,40);2*1H4/b31-21-,37-25?;;. The number of amides is 2. The van der Waals surface area contributed by atoms with Crippen molar-refractivity contribution in [3.8, 4) is 0 Å². The molecule has 2 bridgehead atoms. The molecule has 0 saturated heterocycles. The minimum absolute atomic E-state index is 0. The third-order valence-corrected chi connectivity index (χ3v) is 10.5. The van der Waals surface area contributed by atoms with E-state index in [9.17, 15) is 19.5 Å². The molecule has 2 aromatic carbocycles. The number of allylic oxidation sites excluding steroid dienone is 2. The number of Topliss-reactive ketones (excluding diaryl/α,β-unsaturated/α-hetero) is 1. The largest absolute Gasteiger partial charge is 0.506 e. The Labute approximate surface area is 267 Å². The van der Waals surface area contributed by atoms with E-state index in [1.807, 2.05) is 24.3 Å². The van der Waals surface area contributed by atoms with E-state index >= 15 is 0 Å². The van der Waals surface area contributed by atoms with E-state index in [2.05, 4.69) is 89.3 Å². The van der Waals surface area contributed by atoms with Crippen molar-refractivity contribution < 1.29 is 19.5 Å². The van der Waals surface area contributed by atoms with Crippen molar-refractivity contribution in [1.29, 1.82) is 0 Å². The van der Waals surface area contributed by atoms with Gasteiger partial charge in [-0.25, -0.2) is 4.99 Å². The minimum atomic E-state index is -0.613. The second-order valence-corrected chi connectivity index (χ2v) is 14.3. The Kier molecular flexibility index (Phi) is 8.18. The highest BCUT2D eigenvalue weighted by Gasteiger charge is 2.47. The highest BCUT2D eigenvalue weighted by atomic mass is 16.3. The first kappa shape index (κ1) is 33.9. The molecule has 7 rings (SSSR count). The molecule has 8 heteroatoms. The second kappa shape index (κ2) is 10.8. The van der Waals surface area contributed by atoms with Gasteiger partial charge in [0.2, 0.25) is 11.7 Å². The van der Waals surface area contributed by atoms with Crippen LogP contribution in [0.15, 0.2) is 35.0 Å². The highest BCUT2D eigenvalue weighted by molar-refractivity contribution is 6.52. The summed E-state index contributed by atoms with van der Waals surface area (Å²) in [5, 5.41) is 15.2. The van der Waals surface area contributed by atoms with Gasteiger partial charge in [0.25, 0.3) is 5.91 Å². The van der Waals surface area contributed by atoms with E-state index in [-0.39, 0.29) is 72.5 Å². The molecule has 2 atom stereocenters. The van der Waals surface area contributed by atoms with Crippen LogP contribution in [0.5, 0.6) is 0 Å². The quantitative estimate of drug-likeness (QED) is 0.406. The normalized spacial score (nSPS) is 23.9. The fourth-order valence-electron chi connectivity index (χ4n) is 7.65. The van der Waals surface area contributed by atoms with Gasteiger partial charge in [-0.1, -0.05) is 42.5 Å². The summed E-state index contributed by atoms with van der Waals surface area (Å²) in [4.78, 5) is 49.5. The molecule has 242 valence electrons.